The lowest BCUT2D eigenvalue weighted by molar-refractivity contribution is 0.0906. The molecule has 0 saturated heterocycles. The van der Waals surface area contributed by atoms with Crippen molar-refractivity contribution in [1.29, 1.82) is 0 Å². The number of furan rings is 1. The Hall–Kier alpha value is -3.43. The van der Waals surface area contributed by atoms with Crippen LogP contribution in [-0.2, 0) is 10.0 Å². The van der Waals surface area contributed by atoms with E-state index in [4.69, 9.17) is 4.42 Å². The lowest BCUT2D eigenvalue weighted by Gasteiger charge is -2.19. The first kappa shape index (κ1) is 24.2. The van der Waals surface area contributed by atoms with Crippen LogP contribution >= 0.6 is 0 Å². The molecule has 2 aromatic carbocycles. The third-order valence-electron chi connectivity index (χ3n) is 4.54. The molecule has 3 rings (SSSR count). The summed E-state index contributed by atoms with van der Waals surface area (Å²) >= 11 is 0. The summed E-state index contributed by atoms with van der Waals surface area (Å²) in [6.07, 6.45) is 0. The molecule has 9 heteroatoms. The maximum atomic E-state index is 12.6. The predicted octanol–water partition coefficient (Wildman–Crippen LogP) is 4.10. The van der Waals surface area contributed by atoms with Crippen LogP contribution in [-0.4, -0.2) is 25.8 Å². The molecule has 8 nitrogen and oxygen atoms in total. The van der Waals surface area contributed by atoms with Crippen molar-refractivity contribution >= 4 is 27.5 Å². The van der Waals surface area contributed by atoms with Gasteiger partial charge in [0.2, 0.25) is 5.09 Å². The van der Waals surface area contributed by atoms with Crippen molar-refractivity contribution in [2.75, 3.05) is 5.32 Å². The fraction of sp³-hybridized carbons (Fsp3) is 0.250. The van der Waals surface area contributed by atoms with Gasteiger partial charge in [0, 0.05) is 16.8 Å². The van der Waals surface area contributed by atoms with E-state index < -0.39 is 27.5 Å². The number of rotatable bonds is 7. The van der Waals surface area contributed by atoms with Crippen molar-refractivity contribution in [3.8, 4) is 0 Å². The van der Waals surface area contributed by atoms with E-state index >= 15 is 0 Å². The average Bonchev–Trinajstić information content (AvgIpc) is 3.24. The molecule has 0 fully saturated rings. The van der Waals surface area contributed by atoms with Crippen LogP contribution < -0.4 is 15.4 Å². The van der Waals surface area contributed by atoms with Gasteiger partial charge in [-0.25, -0.2) is 13.1 Å². The topological polar surface area (TPSA) is 118 Å². The van der Waals surface area contributed by atoms with Gasteiger partial charge in [0.25, 0.3) is 21.8 Å². The molecular weight excluding hydrogens is 442 g/mol. The summed E-state index contributed by atoms with van der Waals surface area (Å²) in [5.74, 6) is -0.916. The minimum absolute atomic E-state index is 0.121. The highest BCUT2D eigenvalue weighted by Gasteiger charge is 2.26. The van der Waals surface area contributed by atoms with E-state index in [0.717, 1.165) is 5.56 Å². The molecule has 0 aliphatic rings. The number of hydrogen-bond acceptors (Lipinski definition) is 5. The van der Waals surface area contributed by atoms with Crippen molar-refractivity contribution in [3.63, 3.8) is 0 Å². The molecule has 3 N–H and O–H groups in total. The van der Waals surface area contributed by atoms with Crippen molar-refractivity contribution in [1.82, 2.24) is 10.0 Å². The lowest BCUT2D eigenvalue weighted by atomic mass is 10.1. The van der Waals surface area contributed by atoms with Gasteiger partial charge in [-0.2, -0.15) is 0 Å². The Morgan fingerprint density at radius 3 is 2.27 bits per heavy atom. The molecule has 0 aliphatic heterocycles. The Bertz CT molecular complexity index is 1240. The first-order valence-electron chi connectivity index (χ1n) is 10.4. The molecule has 1 heterocycles. The summed E-state index contributed by atoms with van der Waals surface area (Å²) in [5, 5.41) is 5.28. The van der Waals surface area contributed by atoms with E-state index in [-0.39, 0.29) is 16.8 Å². The summed E-state index contributed by atoms with van der Waals surface area (Å²) in [6, 6.07) is 18.1. The fourth-order valence-electron chi connectivity index (χ4n) is 3.07. The Labute approximate surface area is 193 Å². The number of amides is 2. The van der Waals surface area contributed by atoms with Crippen LogP contribution in [0.5, 0.6) is 0 Å². The number of benzene rings is 2. The number of carbonyl (C=O) groups is 2. The maximum Gasteiger partial charge on any atom is 0.287 e. The second-order valence-corrected chi connectivity index (χ2v) is 10.2. The first-order valence-corrected chi connectivity index (χ1v) is 11.8. The Kier molecular flexibility index (Phi) is 7.04. The summed E-state index contributed by atoms with van der Waals surface area (Å²) in [6.45, 7) is 6.90. The van der Waals surface area contributed by atoms with Crippen LogP contribution in [0.15, 0.2) is 76.2 Å². The third kappa shape index (κ3) is 6.53. The van der Waals surface area contributed by atoms with Crippen molar-refractivity contribution in [2.45, 2.75) is 44.4 Å². The van der Waals surface area contributed by atoms with Crippen molar-refractivity contribution < 1.29 is 22.4 Å². The van der Waals surface area contributed by atoms with E-state index in [2.05, 4.69) is 15.4 Å². The highest BCUT2D eigenvalue weighted by molar-refractivity contribution is 7.89. The molecule has 0 radical (unpaired) electrons. The van der Waals surface area contributed by atoms with Crippen LogP contribution in [0.4, 0.5) is 5.69 Å². The molecule has 1 aromatic heterocycles. The van der Waals surface area contributed by atoms with Crippen LogP contribution in [0.2, 0.25) is 0 Å². The minimum Gasteiger partial charge on any atom is -0.438 e. The van der Waals surface area contributed by atoms with Gasteiger partial charge in [-0.05, 0) is 69.7 Å². The summed E-state index contributed by atoms with van der Waals surface area (Å²) in [5.41, 5.74) is 1.18. The van der Waals surface area contributed by atoms with Gasteiger partial charge in [-0.15, -0.1) is 0 Å². The monoisotopic (exact) mass is 469 g/mol. The van der Waals surface area contributed by atoms with Gasteiger partial charge in [0.15, 0.2) is 5.76 Å². The number of hydrogen-bond donors (Lipinski definition) is 3. The molecule has 3 aromatic rings. The number of carbonyl (C=O) groups excluding carboxylic acids is 2. The number of sulfonamides is 1. The third-order valence-corrected chi connectivity index (χ3v) is 6.17. The molecule has 0 spiro atoms. The Balaban J connectivity index is 1.68. The zero-order valence-electron chi connectivity index (χ0n) is 18.9. The molecule has 2 amide bonds. The smallest absolute Gasteiger partial charge is 0.287 e. The molecular formula is C24H27N3O5S. The molecule has 0 saturated carbocycles. The fourth-order valence-corrected chi connectivity index (χ4v) is 4.42. The molecule has 174 valence electrons. The van der Waals surface area contributed by atoms with E-state index in [1.807, 2.05) is 12.1 Å². The zero-order chi connectivity index (χ0) is 24.2. The highest BCUT2D eigenvalue weighted by atomic mass is 32.2. The normalized spacial score (nSPS) is 12.7. The van der Waals surface area contributed by atoms with E-state index in [1.165, 1.54) is 12.1 Å². The second-order valence-electron chi connectivity index (χ2n) is 8.61. The summed E-state index contributed by atoms with van der Waals surface area (Å²) < 4.78 is 32.5. The van der Waals surface area contributed by atoms with Crippen LogP contribution in [0.25, 0.3) is 0 Å². The SMILES string of the molecule is CC(NC(=O)c1ccc(S(=O)(=O)NC(C)(C)C)o1)c1cccc(NC(=O)c2ccccc2)c1. The molecule has 33 heavy (non-hydrogen) atoms. The second kappa shape index (κ2) is 9.60. The van der Waals surface area contributed by atoms with Gasteiger partial charge in [-0.3, -0.25) is 9.59 Å². The van der Waals surface area contributed by atoms with Crippen LogP contribution in [0.1, 0.15) is 60.2 Å². The number of nitrogens with one attached hydrogen (secondary N) is 3. The first-order chi connectivity index (χ1) is 15.4. The van der Waals surface area contributed by atoms with Crippen LogP contribution in [0, 0.1) is 0 Å². The Morgan fingerprint density at radius 2 is 1.61 bits per heavy atom. The zero-order valence-corrected chi connectivity index (χ0v) is 19.7. The van der Waals surface area contributed by atoms with Gasteiger partial charge >= 0.3 is 0 Å². The van der Waals surface area contributed by atoms with Crippen molar-refractivity contribution in [2.24, 2.45) is 0 Å². The van der Waals surface area contributed by atoms with E-state index in [9.17, 15) is 18.0 Å². The van der Waals surface area contributed by atoms with Crippen molar-refractivity contribution in [3.05, 3.63) is 83.6 Å². The molecule has 1 atom stereocenters. The van der Waals surface area contributed by atoms with E-state index in [0.29, 0.717) is 11.3 Å². The van der Waals surface area contributed by atoms with Gasteiger partial charge < -0.3 is 15.1 Å². The number of anilines is 1. The maximum absolute atomic E-state index is 12.6. The molecule has 0 bridgehead atoms. The lowest BCUT2D eigenvalue weighted by Crippen LogP contribution is -2.40. The summed E-state index contributed by atoms with van der Waals surface area (Å²) in [4.78, 5) is 25.0. The minimum atomic E-state index is -3.89. The van der Waals surface area contributed by atoms with Gasteiger partial charge in [-0.1, -0.05) is 30.3 Å². The highest BCUT2D eigenvalue weighted by Crippen LogP contribution is 2.20. The van der Waals surface area contributed by atoms with Gasteiger partial charge in [0.05, 0.1) is 6.04 Å². The standard InChI is InChI=1S/C24H27N3O5S/c1-16(18-11-8-12-19(15-18)26-22(28)17-9-6-5-7-10-17)25-23(29)20-13-14-21(32-20)33(30,31)27-24(2,3)4/h5-16,27H,1-4H3,(H,25,29)(H,26,28). The van der Waals surface area contributed by atoms with Gasteiger partial charge in [0.1, 0.15) is 0 Å². The predicted molar refractivity (Wildman–Crippen MR) is 126 cm³/mol. The summed E-state index contributed by atoms with van der Waals surface area (Å²) in [7, 11) is -3.89. The largest absolute Gasteiger partial charge is 0.438 e. The quantitative estimate of drug-likeness (QED) is 0.482. The molecule has 0 aliphatic carbocycles. The van der Waals surface area contributed by atoms with Crippen LogP contribution in [0.3, 0.4) is 0 Å². The van der Waals surface area contributed by atoms with E-state index in [1.54, 1.807) is 70.2 Å². The average molecular weight is 470 g/mol. The Morgan fingerprint density at radius 1 is 0.909 bits per heavy atom. The molecule has 1 unspecified atom stereocenters.